The van der Waals surface area contributed by atoms with Gasteiger partial charge in [-0.3, -0.25) is 9.59 Å². The van der Waals surface area contributed by atoms with Crippen molar-refractivity contribution in [1.82, 2.24) is 5.32 Å². The fourth-order valence-electron chi connectivity index (χ4n) is 2.65. The Hall–Kier alpha value is -2.62. The SMILES string of the molecule is O=C(COC(=O)C1(O)CCCCC1)NCC(=O)Nc1ccc(F)c(F)c1F. The van der Waals surface area contributed by atoms with E-state index in [-0.39, 0.29) is 12.8 Å². The molecule has 3 N–H and O–H groups in total. The summed E-state index contributed by atoms with van der Waals surface area (Å²) in [6.07, 6.45) is 2.78. The number of nitrogens with one attached hydrogen (secondary N) is 2. The molecule has 1 aliphatic carbocycles. The van der Waals surface area contributed by atoms with Crippen LogP contribution in [-0.4, -0.2) is 41.6 Å². The maximum Gasteiger partial charge on any atom is 0.338 e. The quantitative estimate of drug-likeness (QED) is 0.505. The van der Waals surface area contributed by atoms with Gasteiger partial charge < -0.3 is 20.5 Å². The summed E-state index contributed by atoms with van der Waals surface area (Å²) in [5.74, 6) is -7.31. The predicted octanol–water partition coefficient (Wildman–Crippen LogP) is 1.40. The molecule has 0 aliphatic heterocycles. The third-order valence-corrected chi connectivity index (χ3v) is 4.15. The van der Waals surface area contributed by atoms with E-state index < -0.39 is 59.7 Å². The van der Waals surface area contributed by atoms with E-state index in [9.17, 15) is 32.7 Å². The van der Waals surface area contributed by atoms with Gasteiger partial charge in [0.05, 0.1) is 12.2 Å². The molecule has 0 heterocycles. The number of aliphatic hydroxyl groups is 1. The van der Waals surface area contributed by atoms with Gasteiger partial charge in [-0.25, -0.2) is 18.0 Å². The summed E-state index contributed by atoms with van der Waals surface area (Å²) >= 11 is 0. The van der Waals surface area contributed by atoms with E-state index >= 15 is 0 Å². The van der Waals surface area contributed by atoms with Gasteiger partial charge in [-0.2, -0.15) is 0 Å². The number of anilines is 1. The Kier molecular flexibility index (Phi) is 6.78. The van der Waals surface area contributed by atoms with Gasteiger partial charge in [0.15, 0.2) is 29.7 Å². The molecule has 7 nitrogen and oxygen atoms in total. The number of carbonyl (C=O) groups is 3. The highest BCUT2D eigenvalue weighted by atomic mass is 19.2. The number of esters is 1. The lowest BCUT2D eigenvalue weighted by molar-refractivity contribution is -0.170. The third kappa shape index (κ3) is 5.43. The number of carbonyl (C=O) groups excluding carboxylic acids is 3. The van der Waals surface area contributed by atoms with Gasteiger partial charge in [-0.15, -0.1) is 0 Å². The van der Waals surface area contributed by atoms with Crippen molar-refractivity contribution < 1.29 is 37.4 Å². The fraction of sp³-hybridized carbons (Fsp3) is 0.471. The van der Waals surface area contributed by atoms with Gasteiger partial charge in [0, 0.05) is 0 Å². The molecule has 0 saturated heterocycles. The van der Waals surface area contributed by atoms with Gasteiger partial charge in [0.1, 0.15) is 0 Å². The average molecular weight is 388 g/mol. The maximum atomic E-state index is 13.4. The summed E-state index contributed by atoms with van der Waals surface area (Å²) in [5, 5.41) is 14.2. The molecule has 1 fully saturated rings. The molecule has 148 valence electrons. The molecule has 1 aromatic rings. The lowest BCUT2D eigenvalue weighted by atomic mass is 9.85. The third-order valence-electron chi connectivity index (χ3n) is 4.15. The van der Waals surface area contributed by atoms with Crippen LogP contribution in [0.25, 0.3) is 0 Å². The van der Waals surface area contributed by atoms with Crippen LogP contribution in [0.3, 0.4) is 0 Å². The standard InChI is InChI=1S/C17H19F3N2O5/c18-10-4-5-11(15(20)14(10)19)22-12(23)8-21-13(24)9-27-16(25)17(26)6-2-1-3-7-17/h4-5,26H,1-3,6-9H2,(H,21,24)(H,22,23). The highest BCUT2D eigenvalue weighted by Crippen LogP contribution is 2.29. The normalized spacial score (nSPS) is 15.7. The summed E-state index contributed by atoms with van der Waals surface area (Å²) < 4.78 is 44.1. The minimum absolute atomic E-state index is 0.260. The number of halogens is 3. The smallest absolute Gasteiger partial charge is 0.338 e. The van der Waals surface area contributed by atoms with Crippen LogP contribution in [0, 0.1) is 17.5 Å². The number of ether oxygens (including phenoxy) is 1. The van der Waals surface area contributed by atoms with Crippen molar-refractivity contribution in [2.24, 2.45) is 0 Å². The van der Waals surface area contributed by atoms with Gasteiger partial charge in [0.2, 0.25) is 5.91 Å². The van der Waals surface area contributed by atoms with Crippen LogP contribution in [0.15, 0.2) is 12.1 Å². The molecule has 1 aliphatic rings. The van der Waals surface area contributed by atoms with Crippen molar-refractivity contribution in [3.63, 3.8) is 0 Å². The second-order valence-corrected chi connectivity index (χ2v) is 6.22. The van der Waals surface area contributed by atoms with Crippen LogP contribution in [0.2, 0.25) is 0 Å². The minimum Gasteiger partial charge on any atom is -0.453 e. The van der Waals surface area contributed by atoms with Crippen molar-refractivity contribution in [1.29, 1.82) is 0 Å². The molecule has 2 amide bonds. The Morgan fingerprint density at radius 3 is 2.37 bits per heavy atom. The van der Waals surface area contributed by atoms with Gasteiger partial charge in [-0.1, -0.05) is 6.42 Å². The molecular weight excluding hydrogens is 369 g/mol. The Morgan fingerprint density at radius 2 is 1.70 bits per heavy atom. The molecule has 0 bridgehead atoms. The van der Waals surface area contributed by atoms with Crippen LogP contribution in [0.5, 0.6) is 0 Å². The van der Waals surface area contributed by atoms with Crippen molar-refractivity contribution in [2.45, 2.75) is 37.7 Å². The largest absolute Gasteiger partial charge is 0.453 e. The van der Waals surface area contributed by atoms with Crippen molar-refractivity contribution in [3.05, 3.63) is 29.6 Å². The average Bonchev–Trinajstić information content (AvgIpc) is 2.65. The fourth-order valence-corrected chi connectivity index (χ4v) is 2.65. The van der Waals surface area contributed by atoms with Gasteiger partial charge in [0.25, 0.3) is 5.91 Å². The van der Waals surface area contributed by atoms with E-state index in [1.165, 1.54) is 0 Å². The van der Waals surface area contributed by atoms with Crippen molar-refractivity contribution in [2.75, 3.05) is 18.5 Å². The number of hydrogen-bond donors (Lipinski definition) is 3. The van der Waals surface area contributed by atoms with E-state index in [2.05, 4.69) is 5.32 Å². The number of amides is 2. The summed E-state index contributed by atoms with van der Waals surface area (Å²) in [5.41, 5.74) is -2.18. The van der Waals surface area contributed by atoms with Crippen LogP contribution in [0.1, 0.15) is 32.1 Å². The molecule has 0 aromatic heterocycles. The lowest BCUT2D eigenvalue weighted by Crippen LogP contribution is -2.43. The zero-order chi connectivity index (χ0) is 20.0. The summed E-state index contributed by atoms with van der Waals surface area (Å²) in [6.45, 7) is -1.31. The molecule has 10 heteroatoms. The van der Waals surface area contributed by atoms with E-state index in [1.54, 1.807) is 0 Å². The van der Waals surface area contributed by atoms with E-state index in [1.807, 2.05) is 5.32 Å². The van der Waals surface area contributed by atoms with E-state index in [0.29, 0.717) is 18.9 Å². The molecule has 0 unspecified atom stereocenters. The summed E-state index contributed by atoms with van der Waals surface area (Å²) in [7, 11) is 0. The molecular formula is C17H19F3N2O5. The van der Waals surface area contributed by atoms with Crippen molar-refractivity contribution in [3.8, 4) is 0 Å². The Morgan fingerprint density at radius 1 is 1.04 bits per heavy atom. The Balaban J connectivity index is 1.76. The molecule has 0 spiro atoms. The second kappa shape index (κ2) is 8.85. The second-order valence-electron chi connectivity index (χ2n) is 6.22. The van der Waals surface area contributed by atoms with Crippen LogP contribution >= 0.6 is 0 Å². The predicted molar refractivity (Wildman–Crippen MR) is 86.9 cm³/mol. The summed E-state index contributed by atoms with van der Waals surface area (Å²) in [6, 6.07) is 1.47. The van der Waals surface area contributed by atoms with E-state index in [4.69, 9.17) is 4.74 Å². The lowest BCUT2D eigenvalue weighted by Gasteiger charge is -2.29. The van der Waals surface area contributed by atoms with Gasteiger partial charge in [-0.05, 0) is 37.8 Å². The molecule has 0 atom stereocenters. The van der Waals surface area contributed by atoms with Gasteiger partial charge >= 0.3 is 5.97 Å². The minimum atomic E-state index is -1.73. The first-order valence-corrected chi connectivity index (χ1v) is 8.32. The first kappa shape index (κ1) is 20.7. The Bertz CT molecular complexity index is 736. The topological polar surface area (TPSA) is 105 Å². The zero-order valence-corrected chi connectivity index (χ0v) is 14.3. The van der Waals surface area contributed by atoms with E-state index in [0.717, 1.165) is 12.5 Å². The monoisotopic (exact) mass is 388 g/mol. The molecule has 1 aromatic carbocycles. The highest BCUT2D eigenvalue weighted by Gasteiger charge is 2.38. The molecule has 0 radical (unpaired) electrons. The number of hydrogen-bond acceptors (Lipinski definition) is 5. The maximum absolute atomic E-state index is 13.4. The Labute approximate surface area is 152 Å². The number of benzene rings is 1. The summed E-state index contributed by atoms with van der Waals surface area (Å²) in [4.78, 5) is 35.1. The molecule has 27 heavy (non-hydrogen) atoms. The van der Waals surface area contributed by atoms with Crippen LogP contribution in [0.4, 0.5) is 18.9 Å². The molecule has 2 rings (SSSR count). The van der Waals surface area contributed by atoms with Crippen molar-refractivity contribution >= 4 is 23.5 Å². The highest BCUT2D eigenvalue weighted by molar-refractivity contribution is 5.95. The zero-order valence-electron chi connectivity index (χ0n) is 14.3. The van der Waals surface area contributed by atoms with Crippen LogP contribution in [-0.2, 0) is 19.1 Å². The first-order chi connectivity index (χ1) is 12.7. The first-order valence-electron chi connectivity index (χ1n) is 8.32. The van der Waals surface area contributed by atoms with Crippen LogP contribution < -0.4 is 10.6 Å². The number of rotatable bonds is 6. The molecule has 1 saturated carbocycles.